The zero-order valence-corrected chi connectivity index (χ0v) is 11.9. The number of amides is 2. The van der Waals surface area contributed by atoms with Crippen LogP contribution in [-0.2, 0) is 9.59 Å². The first kappa shape index (κ1) is 15.2. The fraction of sp³-hybridized carbons (Fsp3) is 0.600. The zero-order chi connectivity index (χ0) is 15.2. The Morgan fingerprint density at radius 1 is 1.05 bits per heavy atom. The Balaban J connectivity index is 2.03. The molecule has 0 radical (unpaired) electrons. The van der Waals surface area contributed by atoms with Gasteiger partial charge in [-0.3, -0.25) is 19.4 Å². The standard InChI is InChI=1S/C15H18N4O2/c16-7-3-9-18(10-4-8-17)11-19-14(20)12-5-1-2-6-13(12)15(19)21/h1-2,12-13H,3-6,9-11H2. The highest BCUT2D eigenvalue weighted by Crippen LogP contribution is 2.35. The molecule has 0 aromatic rings. The first-order valence-corrected chi connectivity index (χ1v) is 7.15. The third kappa shape index (κ3) is 3.29. The number of rotatable bonds is 6. The van der Waals surface area contributed by atoms with Gasteiger partial charge in [0.05, 0.1) is 30.6 Å². The number of hydrogen-bond donors (Lipinski definition) is 0. The van der Waals surface area contributed by atoms with E-state index in [0.29, 0.717) is 38.8 Å². The Labute approximate surface area is 124 Å². The predicted octanol–water partition coefficient (Wildman–Crippen LogP) is 1.02. The molecule has 2 rings (SSSR count). The monoisotopic (exact) mass is 286 g/mol. The van der Waals surface area contributed by atoms with E-state index in [0.717, 1.165) is 0 Å². The highest BCUT2D eigenvalue weighted by Gasteiger charge is 2.47. The molecule has 1 aliphatic heterocycles. The minimum absolute atomic E-state index is 0.117. The number of fused-ring (bicyclic) bond motifs is 1. The summed E-state index contributed by atoms with van der Waals surface area (Å²) in [6.45, 7) is 1.11. The van der Waals surface area contributed by atoms with Crippen molar-refractivity contribution in [1.82, 2.24) is 9.80 Å². The number of carbonyl (C=O) groups excluding carboxylic acids is 2. The molecule has 6 nitrogen and oxygen atoms in total. The van der Waals surface area contributed by atoms with Gasteiger partial charge in [-0.25, -0.2) is 0 Å². The molecule has 2 aliphatic rings. The molecule has 1 aliphatic carbocycles. The average Bonchev–Trinajstić information content (AvgIpc) is 2.75. The summed E-state index contributed by atoms with van der Waals surface area (Å²) in [5.74, 6) is -0.686. The quantitative estimate of drug-likeness (QED) is 0.537. The zero-order valence-electron chi connectivity index (χ0n) is 11.9. The molecule has 6 heteroatoms. The van der Waals surface area contributed by atoms with Crippen molar-refractivity contribution in [2.24, 2.45) is 11.8 Å². The summed E-state index contributed by atoms with van der Waals surface area (Å²) in [5, 5.41) is 17.4. The van der Waals surface area contributed by atoms with Gasteiger partial charge in [0.25, 0.3) is 0 Å². The normalized spacial score (nSPS) is 24.0. The third-order valence-corrected chi connectivity index (χ3v) is 4.02. The molecule has 2 atom stereocenters. The molecular formula is C15H18N4O2. The van der Waals surface area contributed by atoms with Gasteiger partial charge in [-0.15, -0.1) is 0 Å². The van der Waals surface area contributed by atoms with E-state index in [1.54, 1.807) is 0 Å². The summed E-state index contributed by atoms with van der Waals surface area (Å²) in [6, 6.07) is 4.10. The van der Waals surface area contributed by atoms with Gasteiger partial charge in [-0.1, -0.05) is 12.2 Å². The Hall–Kier alpha value is -2.18. The summed E-state index contributed by atoms with van der Waals surface area (Å²) < 4.78 is 0. The number of hydrogen-bond acceptors (Lipinski definition) is 5. The number of likely N-dealkylation sites (tertiary alicyclic amines) is 1. The molecular weight excluding hydrogens is 268 g/mol. The first-order chi connectivity index (χ1) is 10.2. The number of carbonyl (C=O) groups is 2. The van der Waals surface area contributed by atoms with Crippen molar-refractivity contribution in [2.75, 3.05) is 19.8 Å². The van der Waals surface area contributed by atoms with E-state index in [1.165, 1.54) is 4.90 Å². The van der Waals surface area contributed by atoms with Crippen molar-refractivity contribution in [3.63, 3.8) is 0 Å². The van der Waals surface area contributed by atoms with Crippen molar-refractivity contribution in [1.29, 1.82) is 10.5 Å². The van der Waals surface area contributed by atoms with Crippen LogP contribution in [-0.4, -0.2) is 41.4 Å². The molecule has 0 aromatic heterocycles. The van der Waals surface area contributed by atoms with Gasteiger partial charge >= 0.3 is 0 Å². The lowest BCUT2D eigenvalue weighted by atomic mass is 9.85. The van der Waals surface area contributed by atoms with Crippen LogP contribution in [0.25, 0.3) is 0 Å². The van der Waals surface area contributed by atoms with E-state index in [9.17, 15) is 9.59 Å². The first-order valence-electron chi connectivity index (χ1n) is 7.15. The van der Waals surface area contributed by atoms with E-state index >= 15 is 0 Å². The molecule has 1 heterocycles. The summed E-state index contributed by atoms with van der Waals surface area (Å²) in [7, 11) is 0. The van der Waals surface area contributed by atoms with Crippen LogP contribution in [0.15, 0.2) is 12.2 Å². The minimum Gasteiger partial charge on any atom is -0.284 e. The van der Waals surface area contributed by atoms with Crippen molar-refractivity contribution in [3.05, 3.63) is 12.2 Å². The van der Waals surface area contributed by atoms with E-state index in [2.05, 4.69) is 0 Å². The van der Waals surface area contributed by atoms with Gasteiger partial charge in [0, 0.05) is 25.9 Å². The SMILES string of the molecule is N#CCCN(CCC#N)CN1C(=O)C2CC=CCC2C1=O. The minimum atomic E-state index is -0.226. The summed E-state index contributed by atoms with van der Waals surface area (Å²) in [5.41, 5.74) is 0. The molecule has 110 valence electrons. The third-order valence-electron chi connectivity index (χ3n) is 4.02. The van der Waals surface area contributed by atoms with E-state index in [4.69, 9.17) is 10.5 Å². The second kappa shape index (κ2) is 7.01. The summed E-state index contributed by atoms with van der Waals surface area (Å²) in [6.07, 6.45) is 5.80. The molecule has 0 bridgehead atoms. The van der Waals surface area contributed by atoms with Gasteiger partial charge in [0.2, 0.25) is 11.8 Å². The summed E-state index contributed by atoms with van der Waals surface area (Å²) >= 11 is 0. The highest BCUT2D eigenvalue weighted by molar-refractivity contribution is 6.05. The largest absolute Gasteiger partial charge is 0.284 e. The average molecular weight is 286 g/mol. The number of allylic oxidation sites excluding steroid dienone is 2. The van der Waals surface area contributed by atoms with Gasteiger partial charge < -0.3 is 0 Å². The van der Waals surface area contributed by atoms with Crippen molar-refractivity contribution in [3.8, 4) is 12.1 Å². The van der Waals surface area contributed by atoms with Gasteiger partial charge in [-0.05, 0) is 12.8 Å². The van der Waals surface area contributed by atoms with Crippen molar-refractivity contribution >= 4 is 11.8 Å². The highest BCUT2D eigenvalue weighted by atomic mass is 16.2. The van der Waals surface area contributed by atoms with Crippen molar-refractivity contribution in [2.45, 2.75) is 25.7 Å². The molecule has 1 fully saturated rings. The van der Waals surface area contributed by atoms with Crippen LogP contribution in [0.2, 0.25) is 0 Å². The number of nitrogens with zero attached hydrogens (tertiary/aromatic N) is 4. The van der Waals surface area contributed by atoms with Gasteiger partial charge in [0.1, 0.15) is 0 Å². The Morgan fingerprint density at radius 2 is 1.52 bits per heavy atom. The molecule has 0 spiro atoms. The lowest BCUT2D eigenvalue weighted by molar-refractivity contribution is -0.142. The van der Waals surface area contributed by atoms with Gasteiger partial charge in [0.15, 0.2) is 0 Å². The van der Waals surface area contributed by atoms with E-state index < -0.39 is 0 Å². The molecule has 21 heavy (non-hydrogen) atoms. The van der Waals surface area contributed by atoms with Crippen LogP contribution in [0.1, 0.15) is 25.7 Å². The predicted molar refractivity (Wildman–Crippen MR) is 74.1 cm³/mol. The maximum absolute atomic E-state index is 12.3. The fourth-order valence-electron chi connectivity index (χ4n) is 2.88. The molecule has 0 aromatic carbocycles. The summed E-state index contributed by atoms with van der Waals surface area (Å²) in [4.78, 5) is 27.8. The fourth-order valence-corrected chi connectivity index (χ4v) is 2.88. The van der Waals surface area contributed by atoms with Crippen LogP contribution in [0.4, 0.5) is 0 Å². The van der Waals surface area contributed by atoms with Crippen LogP contribution in [0, 0.1) is 34.5 Å². The lowest BCUT2D eigenvalue weighted by Crippen LogP contribution is -2.42. The number of nitriles is 2. The Bertz CT molecular complexity index is 485. The molecule has 1 saturated heterocycles. The maximum atomic E-state index is 12.3. The van der Waals surface area contributed by atoms with Crippen LogP contribution < -0.4 is 0 Å². The van der Waals surface area contributed by atoms with E-state index in [-0.39, 0.29) is 30.3 Å². The van der Waals surface area contributed by atoms with Crippen LogP contribution in [0.3, 0.4) is 0 Å². The second-order valence-corrected chi connectivity index (χ2v) is 5.34. The topological polar surface area (TPSA) is 88.2 Å². The number of imide groups is 1. The van der Waals surface area contributed by atoms with Crippen molar-refractivity contribution < 1.29 is 9.59 Å². The maximum Gasteiger partial charge on any atom is 0.234 e. The molecule has 2 unspecified atom stereocenters. The molecule has 0 N–H and O–H groups in total. The Kier molecular flexibility index (Phi) is 5.08. The Morgan fingerprint density at radius 3 is 1.95 bits per heavy atom. The smallest absolute Gasteiger partial charge is 0.234 e. The molecule has 0 saturated carbocycles. The van der Waals surface area contributed by atoms with E-state index in [1.807, 2.05) is 29.2 Å². The molecule has 2 amide bonds. The van der Waals surface area contributed by atoms with Crippen LogP contribution in [0.5, 0.6) is 0 Å². The second-order valence-electron chi connectivity index (χ2n) is 5.34. The lowest BCUT2D eigenvalue weighted by Gasteiger charge is -2.25. The van der Waals surface area contributed by atoms with Crippen LogP contribution >= 0.6 is 0 Å². The van der Waals surface area contributed by atoms with Gasteiger partial charge in [-0.2, -0.15) is 10.5 Å².